The average Bonchev–Trinajstić information content (AvgIpc) is 2.78. The Morgan fingerprint density at radius 2 is 1.53 bits per heavy atom. The fraction of sp³-hybridized carbons (Fsp3) is 0.167. The summed E-state index contributed by atoms with van der Waals surface area (Å²) in [6.07, 6.45) is 0. The lowest BCUT2D eigenvalue weighted by Crippen LogP contribution is -2.30. The minimum absolute atomic E-state index is 0.119. The molecule has 1 amide bonds. The molecule has 0 aliphatic carbocycles. The van der Waals surface area contributed by atoms with Gasteiger partial charge in [-0.05, 0) is 66.2 Å². The van der Waals surface area contributed by atoms with Crippen molar-refractivity contribution < 1.29 is 23.5 Å². The standard InChI is InChI=1S/C24H22FNO4/c1-26(15-17-4-3-5-22(14-17)29-2)23(27)16-30-21-12-8-19(9-13-21)24(28)18-6-10-20(25)11-7-18/h3-14H,15-16H2,1-2H3. The van der Waals surface area contributed by atoms with Crippen LogP contribution in [0.3, 0.4) is 0 Å². The molecule has 0 radical (unpaired) electrons. The second-order valence-electron chi connectivity index (χ2n) is 6.75. The molecule has 0 spiro atoms. The quantitative estimate of drug-likeness (QED) is 0.528. The van der Waals surface area contributed by atoms with E-state index in [0.29, 0.717) is 23.4 Å². The Bertz CT molecular complexity index is 1020. The molecule has 0 saturated heterocycles. The van der Waals surface area contributed by atoms with E-state index in [4.69, 9.17) is 9.47 Å². The summed E-state index contributed by atoms with van der Waals surface area (Å²) in [7, 11) is 3.30. The van der Waals surface area contributed by atoms with Crippen LogP contribution in [0.15, 0.2) is 72.8 Å². The van der Waals surface area contributed by atoms with Crippen LogP contribution in [-0.2, 0) is 11.3 Å². The van der Waals surface area contributed by atoms with Gasteiger partial charge in [-0.1, -0.05) is 12.1 Å². The average molecular weight is 407 g/mol. The number of benzene rings is 3. The number of ether oxygens (including phenoxy) is 2. The van der Waals surface area contributed by atoms with E-state index in [1.54, 1.807) is 43.3 Å². The summed E-state index contributed by atoms with van der Waals surface area (Å²) in [5.41, 5.74) is 1.81. The van der Waals surface area contributed by atoms with Crippen LogP contribution in [0, 0.1) is 5.82 Å². The Kier molecular flexibility index (Phi) is 6.80. The molecule has 30 heavy (non-hydrogen) atoms. The molecule has 3 rings (SSSR count). The van der Waals surface area contributed by atoms with Gasteiger partial charge in [0, 0.05) is 24.7 Å². The number of carbonyl (C=O) groups is 2. The first-order valence-corrected chi connectivity index (χ1v) is 9.36. The molecule has 6 heteroatoms. The van der Waals surface area contributed by atoms with E-state index in [2.05, 4.69) is 0 Å². The number of rotatable bonds is 8. The van der Waals surface area contributed by atoms with Crippen LogP contribution in [0.4, 0.5) is 4.39 Å². The smallest absolute Gasteiger partial charge is 0.260 e. The maximum Gasteiger partial charge on any atom is 0.260 e. The van der Waals surface area contributed by atoms with Gasteiger partial charge in [0.1, 0.15) is 17.3 Å². The maximum atomic E-state index is 13.0. The number of methoxy groups -OCH3 is 1. The van der Waals surface area contributed by atoms with Gasteiger partial charge in [0.25, 0.3) is 5.91 Å². The first kappa shape index (κ1) is 21.0. The van der Waals surface area contributed by atoms with E-state index in [-0.39, 0.29) is 18.3 Å². The fourth-order valence-corrected chi connectivity index (χ4v) is 2.86. The van der Waals surface area contributed by atoms with Crippen LogP contribution in [0.5, 0.6) is 11.5 Å². The molecule has 0 unspecified atom stereocenters. The third kappa shape index (κ3) is 5.44. The number of nitrogens with zero attached hydrogens (tertiary/aromatic N) is 1. The van der Waals surface area contributed by atoms with Gasteiger partial charge in [-0.3, -0.25) is 9.59 Å². The summed E-state index contributed by atoms with van der Waals surface area (Å²) in [6, 6.07) is 19.4. The van der Waals surface area contributed by atoms with Crippen LogP contribution >= 0.6 is 0 Å². The lowest BCUT2D eigenvalue weighted by Gasteiger charge is -2.18. The summed E-state index contributed by atoms with van der Waals surface area (Å²) in [4.78, 5) is 26.3. The highest BCUT2D eigenvalue weighted by atomic mass is 19.1. The molecular weight excluding hydrogens is 385 g/mol. The SMILES string of the molecule is COc1cccc(CN(C)C(=O)COc2ccc(C(=O)c3ccc(F)cc3)cc2)c1. The normalized spacial score (nSPS) is 10.4. The summed E-state index contributed by atoms with van der Waals surface area (Å²) >= 11 is 0. The lowest BCUT2D eigenvalue weighted by molar-refractivity contribution is -0.132. The number of amides is 1. The third-order valence-corrected chi connectivity index (χ3v) is 4.56. The van der Waals surface area contributed by atoms with E-state index in [1.165, 1.54) is 24.3 Å². The molecule has 154 valence electrons. The number of hydrogen-bond acceptors (Lipinski definition) is 4. The van der Waals surface area contributed by atoms with E-state index < -0.39 is 5.82 Å². The summed E-state index contributed by atoms with van der Waals surface area (Å²) in [5, 5.41) is 0. The minimum Gasteiger partial charge on any atom is -0.497 e. The van der Waals surface area contributed by atoms with Gasteiger partial charge in [0.15, 0.2) is 12.4 Å². The van der Waals surface area contributed by atoms with Crippen molar-refractivity contribution in [3.8, 4) is 11.5 Å². The zero-order chi connectivity index (χ0) is 21.5. The minimum atomic E-state index is -0.392. The summed E-state index contributed by atoms with van der Waals surface area (Å²) < 4.78 is 23.7. The van der Waals surface area contributed by atoms with Crippen molar-refractivity contribution in [3.63, 3.8) is 0 Å². The summed E-state index contributed by atoms with van der Waals surface area (Å²) in [6.45, 7) is 0.316. The van der Waals surface area contributed by atoms with Crippen LogP contribution in [0.2, 0.25) is 0 Å². The molecule has 0 bridgehead atoms. The molecule has 0 N–H and O–H groups in total. The highest BCUT2D eigenvalue weighted by Gasteiger charge is 2.12. The Morgan fingerprint density at radius 3 is 2.17 bits per heavy atom. The van der Waals surface area contributed by atoms with Crippen molar-refractivity contribution in [1.29, 1.82) is 0 Å². The van der Waals surface area contributed by atoms with Crippen LogP contribution in [0.25, 0.3) is 0 Å². The van der Waals surface area contributed by atoms with E-state index >= 15 is 0 Å². The lowest BCUT2D eigenvalue weighted by atomic mass is 10.0. The number of carbonyl (C=O) groups excluding carboxylic acids is 2. The van der Waals surface area contributed by atoms with Gasteiger partial charge in [0.05, 0.1) is 7.11 Å². The number of halogens is 1. The topological polar surface area (TPSA) is 55.8 Å². The molecule has 3 aromatic carbocycles. The molecule has 0 saturated carbocycles. The van der Waals surface area contributed by atoms with E-state index in [0.717, 1.165) is 11.3 Å². The Morgan fingerprint density at radius 1 is 0.900 bits per heavy atom. The van der Waals surface area contributed by atoms with Crippen molar-refractivity contribution in [1.82, 2.24) is 4.90 Å². The highest BCUT2D eigenvalue weighted by Crippen LogP contribution is 2.17. The van der Waals surface area contributed by atoms with Crippen molar-refractivity contribution in [2.24, 2.45) is 0 Å². The molecule has 3 aromatic rings. The zero-order valence-electron chi connectivity index (χ0n) is 16.8. The highest BCUT2D eigenvalue weighted by molar-refractivity contribution is 6.09. The monoisotopic (exact) mass is 407 g/mol. The molecule has 5 nitrogen and oxygen atoms in total. The fourth-order valence-electron chi connectivity index (χ4n) is 2.86. The predicted octanol–water partition coefficient (Wildman–Crippen LogP) is 4.10. The number of ketones is 1. The van der Waals surface area contributed by atoms with Gasteiger partial charge in [0.2, 0.25) is 0 Å². The molecule has 0 fully saturated rings. The van der Waals surface area contributed by atoms with Crippen molar-refractivity contribution in [3.05, 3.63) is 95.3 Å². The molecule has 0 aliphatic heterocycles. The van der Waals surface area contributed by atoms with Gasteiger partial charge >= 0.3 is 0 Å². The first-order chi connectivity index (χ1) is 14.5. The molecule has 0 atom stereocenters. The van der Waals surface area contributed by atoms with Crippen LogP contribution < -0.4 is 9.47 Å². The third-order valence-electron chi connectivity index (χ3n) is 4.56. The van der Waals surface area contributed by atoms with E-state index in [9.17, 15) is 14.0 Å². The van der Waals surface area contributed by atoms with Gasteiger partial charge in [-0.25, -0.2) is 4.39 Å². The molecule has 0 heterocycles. The van der Waals surface area contributed by atoms with Gasteiger partial charge in [-0.2, -0.15) is 0 Å². The number of likely N-dealkylation sites (N-methyl/N-ethyl adjacent to an activating group) is 1. The Balaban J connectivity index is 1.54. The molecule has 0 aliphatic rings. The molecule has 0 aromatic heterocycles. The van der Waals surface area contributed by atoms with Crippen molar-refractivity contribution >= 4 is 11.7 Å². The first-order valence-electron chi connectivity index (χ1n) is 9.36. The van der Waals surface area contributed by atoms with Crippen molar-refractivity contribution in [2.75, 3.05) is 20.8 Å². The second-order valence-corrected chi connectivity index (χ2v) is 6.75. The van der Waals surface area contributed by atoms with Gasteiger partial charge in [-0.15, -0.1) is 0 Å². The summed E-state index contributed by atoms with van der Waals surface area (Å²) in [5.74, 6) is 0.435. The van der Waals surface area contributed by atoms with Crippen molar-refractivity contribution in [2.45, 2.75) is 6.54 Å². The predicted molar refractivity (Wildman–Crippen MR) is 111 cm³/mol. The van der Waals surface area contributed by atoms with Gasteiger partial charge < -0.3 is 14.4 Å². The number of hydrogen-bond donors (Lipinski definition) is 0. The molecular formula is C24H22FNO4. The van der Waals surface area contributed by atoms with Crippen LogP contribution in [0.1, 0.15) is 21.5 Å². The van der Waals surface area contributed by atoms with E-state index in [1.807, 2.05) is 24.3 Å². The second kappa shape index (κ2) is 9.69. The Labute approximate surface area is 174 Å². The maximum absolute atomic E-state index is 13.0. The van der Waals surface area contributed by atoms with Crippen LogP contribution in [-0.4, -0.2) is 37.4 Å². The Hall–Kier alpha value is -3.67. The zero-order valence-corrected chi connectivity index (χ0v) is 16.8. The largest absolute Gasteiger partial charge is 0.497 e.